The number of halogens is 3. The van der Waals surface area contributed by atoms with E-state index in [1.54, 1.807) is 0 Å². The first-order valence-corrected chi connectivity index (χ1v) is 9.69. The molecule has 0 radical (unpaired) electrons. The summed E-state index contributed by atoms with van der Waals surface area (Å²) in [6.07, 6.45) is -3.06. The van der Waals surface area contributed by atoms with Gasteiger partial charge in [-0.05, 0) is 41.5 Å². The highest BCUT2D eigenvalue weighted by Gasteiger charge is 2.33. The maximum absolute atomic E-state index is 13.1. The summed E-state index contributed by atoms with van der Waals surface area (Å²) in [5.74, 6) is -0.127. The molecular weight excluding hydrogens is 419 g/mol. The molecule has 0 aliphatic carbocycles. The minimum absolute atomic E-state index is 0.0231. The van der Waals surface area contributed by atoms with Crippen LogP contribution in [0.25, 0.3) is 11.1 Å². The van der Waals surface area contributed by atoms with Crippen LogP contribution >= 0.6 is 0 Å². The Bertz CT molecular complexity index is 1200. The van der Waals surface area contributed by atoms with Crippen molar-refractivity contribution in [1.82, 2.24) is 9.78 Å². The minimum Gasteiger partial charge on any atom is -0.471 e. The summed E-state index contributed by atoms with van der Waals surface area (Å²) in [5, 5.41) is 6.34. The summed E-state index contributed by atoms with van der Waals surface area (Å²) in [4.78, 5) is 12.4. The summed E-state index contributed by atoms with van der Waals surface area (Å²) in [6.45, 7) is 0.0388. The second kappa shape index (κ2) is 8.97. The number of carbonyl (C=O) groups excluding carboxylic acids is 1. The molecular formula is C24H18F3N3O2. The lowest BCUT2D eigenvalue weighted by Crippen LogP contribution is -2.17. The maximum Gasteiger partial charge on any atom is 0.418 e. The van der Waals surface area contributed by atoms with Crippen molar-refractivity contribution in [3.63, 3.8) is 0 Å². The second-order valence-electron chi connectivity index (χ2n) is 6.90. The lowest BCUT2D eigenvalue weighted by atomic mass is 10.1. The molecule has 0 saturated heterocycles. The molecule has 0 aliphatic heterocycles. The molecule has 0 aliphatic rings. The number of benzene rings is 3. The summed E-state index contributed by atoms with van der Waals surface area (Å²) in [5.41, 5.74) is 0.874. The lowest BCUT2D eigenvalue weighted by molar-refractivity contribution is -0.136. The average Bonchev–Trinajstić information content (AvgIpc) is 3.28. The number of alkyl halides is 3. The Hall–Kier alpha value is -4.07. The number of hydrogen-bond donors (Lipinski definition) is 1. The largest absolute Gasteiger partial charge is 0.471 e. The van der Waals surface area contributed by atoms with E-state index in [1.165, 1.54) is 35.1 Å². The molecule has 32 heavy (non-hydrogen) atoms. The molecule has 1 N–H and O–H groups in total. The number of para-hydroxylation sites is 1. The predicted molar refractivity (Wildman–Crippen MR) is 114 cm³/mol. The van der Waals surface area contributed by atoms with E-state index in [0.717, 1.165) is 17.2 Å². The first-order chi connectivity index (χ1) is 15.4. The Balaban J connectivity index is 1.38. The van der Waals surface area contributed by atoms with Crippen LogP contribution in [0, 0.1) is 0 Å². The lowest BCUT2D eigenvalue weighted by Gasteiger charge is -2.12. The van der Waals surface area contributed by atoms with Crippen molar-refractivity contribution in [3.05, 3.63) is 102 Å². The van der Waals surface area contributed by atoms with Gasteiger partial charge >= 0.3 is 6.18 Å². The normalized spacial score (nSPS) is 11.2. The van der Waals surface area contributed by atoms with Crippen molar-refractivity contribution >= 4 is 11.6 Å². The summed E-state index contributed by atoms with van der Waals surface area (Å²) < 4.78 is 46.4. The van der Waals surface area contributed by atoms with Crippen molar-refractivity contribution in [1.29, 1.82) is 0 Å². The Morgan fingerprint density at radius 3 is 2.25 bits per heavy atom. The number of amides is 1. The van der Waals surface area contributed by atoms with Gasteiger partial charge in [-0.3, -0.25) is 4.79 Å². The number of aromatic nitrogens is 2. The highest BCUT2D eigenvalue weighted by Crippen LogP contribution is 2.34. The maximum atomic E-state index is 13.1. The van der Waals surface area contributed by atoms with Crippen LogP contribution in [0.4, 0.5) is 18.9 Å². The van der Waals surface area contributed by atoms with Crippen LogP contribution in [-0.4, -0.2) is 15.7 Å². The third kappa shape index (κ3) is 4.97. The number of ether oxygens (including phenoxy) is 1. The van der Waals surface area contributed by atoms with Gasteiger partial charge in [0.2, 0.25) is 0 Å². The summed E-state index contributed by atoms with van der Waals surface area (Å²) >= 11 is 0. The van der Waals surface area contributed by atoms with Crippen LogP contribution in [0.5, 0.6) is 5.75 Å². The molecule has 1 aromatic heterocycles. The van der Waals surface area contributed by atoms with E-state index in [9.17, 15) is 18.0 Å². The molecule has 0 saturated carbocycles. The van der Waals surface area contributed by atoms with Gasteiger partial charge in [0, 0.05) is 6.20 Å². The zero-order valence-corrected chi connectivity index (χ0v) is 16.7. The third-order valence-corrected chi connectivity index (χ3v) is 4.68. The highest BCUT2D eigenvalue weighted by molar-refractivity contribution is 6.03. The number of hydrogen-bond acceptors (Lipinski definition) is 3. The molecule has 4 aromatic rings. The van der Waals surface area contributed by atoms with Crippen LogP contribution in [0.3, 0.4) is 0 Å². The number of rotatable bonds is 6. The van der Waals surface area contributed by atoms with Crippen molar-refractivity contribution in [3.8, 4) is 16.9 Å². The van der Waals surface area contributed by atoms with Gasteiger partial charge in [0.05, 0.1) is 11.3 Å². The van der Waals surface area contributed by atoms with Gasteiger partial charge in [-0.2, -0.15) is 18.3 Å². The van der Waals surface area contributed by atoms with Crippen LogP contribution in [0.1, 0.15) is 16.1 Å². The fourth-order valence-electron chi connectivity index (χ4n) is 3.10. The first-order valence-electron chi connectivity index (χ1n) is 9.69. The topological polar surface area (TPSA) is 56.2 Å². The fraction of sp³-hybridized carbons (Fsp3) is 0.0833. The summed E-state index contributed by atoms with van der Waals surface area (Å²) in [6, 6.07) is 23.6. The molecule has 162 valence electrons. The molecule has 0 atom stereocenters. The zero-order chi connectivity index (χ0) is 22.6. The number of carbonyl (C=O) groups is 1. The van der Waals surface area contributed by atoms with E-state index in [0.29, 0.717) is 5.75 Å². The predicted octanol–water partition coefficient (Wildman–Crippen LogP) is 5.86. The monoisotopic (exact) mass is 437 g/mol. The molecule has 5 nitrogen and oxygen atoms in total. The highest BCUT2D eigenvalue weighted by atomic mass is 19.4. The molecule has 1 amide bonds. The van der Waals surface area contributed by atoms with Crippen LogP contribution in [-0.2, 0) is 12.9 Å². The van der Waals surface area contributed by atoms with Gasteiger partial charge in [0.15, 0.2) is 12.4 Å². The smallest absolute Gasteiger partial charge is 0.418 e. The van der Waals surface area contributed by atoms with E-state index in [-0.39, 0.29) is 18.1 Å². The number of nitrogens with zero attached hydrogens (tertiary/aromatic N) is 2. The van der Waals surface area contributed by atoms with Crippen molar-refractivity contribution in [2.75, 3.05) is 5.32 Å². The van der Waals surface area contributed by atoms with E-state index >= 15 is 0 Å². The fourth-order valence-corrected chi connectivity index (χ4v) is 3.10. The first kappa shape index (κ1) is 21.2. The molecule has 0 fully saturated rings. The Morgan fingerprint density at radius 2 is 1.53 bits per heavy atom. The third-order valence-electron chi connectivity index (χ3n) is 4.68. The Labute approximate surface area is 182 Å². The number of anilines is 1. The van der Waals surface area contributed by atoms with Crippen LogP contribution < -0.4 is 10.1 Å². The zero-order valence-electron chi connectivity index (χ0n) is 16.7. The molecule has 1 heterocycles. The van der Waals surface area contributed by atoms with E-state index in [4.69, 9.17) is 4.74 Å². The van der Waals surface area contributed by atoms with Crippen molar-refractivity contribution in [2.45, 2.75) is 12.9 Å². The Kier molecular flexibility index (Phi) is 5.93. The summed E-state index contributed by atoms with van der Waals surface area (Å²) in [7, 11) is 0. The van der Waals surface area contributed by atoms with Gasteiger partial charge in [-0.15, -0.1) is 0 Å². The van der Waals surface area contributed by atoms with Crippen molar-refractivity contribution in [2.24, 2.45) is 0 Å². The van der Waals surface area contributed by atoms with Crippen LogP contribution in [0.2, 0.25) is 0 Å². The number of nitrogens with one attached hydrogen (secondary N) is 1. The van der Waals surface area contributed by atoms with Gasteiger partial charge in [0.25, 0.3) is 5.91 Å². The second-order valence-corrected chi connectivity index (χ2v) is 6.90. The molecule has 0 bridgehead atoms. The molecule has 0 spiro atoms. The standard InChI is InChI=1S/C24H18F3N3O2/c25-24(26,27)20-8-4-5-9-21(20)28-23(31)22-14-15-30(29-22)16-32-19-12-10-18(11-13-19)17-6-2-1-3-7-17/h1-15H,16H2,(H,28,31). The molecule has 8 heteroatoms. The van der Waals surface area contributed by atoms with Gasteiger partial charge in [-0.25, -0.2) is 4.68 Å². The molecule has 0 unspecified atom stereocenters. The minimum atomic E-state index is -4.58. The SMILES string of the molecule is O=C(Nc1ccccc1C(F)(F)F)c1ccn(COc2ccc(-c3ccccc3)cc2)n1. The molecule has 3 aromatic carbocycles. The van der Waals surface area contributed by atoms with Crippen LogP contribution in [0.15, 0.2) is 91.1 Å². The Morgan fingerprint density at radius 1 is 0.875 bits per heavy atom. The van der Waals surface area contributed by atoms with Gasteiger partial charge in [-0.1, -0.05) is 54.6 Å². The van der Waals surface area contributed by atoms with E-state index < -0.39 is 17.6 Å². The molecule has 4 rings (SSSR count). The van der Waals surface area contributed by atoms with E-state index in [2.05, 4.69) is 10.4 Å². The van der Waals surface area contributed by atoms with Crippen molar-refractivity contribution < 1.29 is 22.7 Å². The van der Waals surface area contributed by atoms with E-state index in [1.807, 2.05) is 54.6 Å². The van der Waals surface area contributed by atoms with Gasteiger partial charge < -0.3 is 10.1 Å². The quantitative estimate of drug-likeness (QED) is 0.411. The average molecular weight is 437 g/mol. The van der Waals surface area contributed by atoms with Gasteiger partial charge in [0.1, 0.15) is 5.75 Å².